The van der Waals surface area contributed by atoms with Crippen molar-refractivity contribution in [1.29, 1.82) is 0 Å². The van der Waals surface area contributed by atoms with Crippen LogP contribution in [-0.2, 0) is 5.75 Å². The van der Waals surface area contributed by atoms with Gasteiger partial charge in [0.25, 0.3) is 0 Å². The van der Waals surface area contributed by atoms with Crippen molar-refractivity contribution in [2.75, 3.05) is 12.3 Å². The van der Waals surface area contributed by atoms with Crippen molar-refractivity contribution in [3.8, 4) is 0 Å². The van der Waals surface area contributed by atoms with E-state index in [0.29, 0.717) is 0 Å². The van der Waals surface area contributed by atoms with E-state index in [-0.39, 0.29) is 0 Å². The van der Waals surface area contributed by atoms with Crippen molar-refractivity contribution < 1.29 is 0 Å². The Morgan fingerprint density at radius 2 is 2.42 bits per heavy atom. The minimum absolute atomic E-state index is 0.734. The van der Waals surface area contributed by atoms with Crippen LogP contribution in [0.3, 0.4) is 0 Å². The van der Waals surface area contributed by atoms with E-state index in [9.17, 15) is 0 Å². The minimum Gasteiger partial charge on any atom is -0.330 e. The Hall–Kier alpha value is -0.190. The molecule has 0 amide bonds. The Bertz CT molecular complexity index is 240. The van der Waals surface area contributed by atoms with Crippen LogP contribution in [0.4, 0.5) is 0 Å². The molecule has 0 fully saturated rings. The maximum absolute atomic E-state index is 5.38. The zero-order valence-corrected chi connectivity index (χ0v) is 8.44. The number of thioether (sulfide) groups is 1. The van der Waals surface area contributed by atoms with Gasteiger partial charge in [-0.3, -0.25) is 4.98 Å². The standard InChI is InChI=1S/C8H12N2S2/c9-2-4-12-6-7-1-3-10-5-8(7)11/h1,3,5,11H,2,4,6,9H2. The maximum atomic E-state index is 5.38. The van der Waals surface area contributed by atoms with E-state index in [2.05, 4.69) is 17.6 Å². The van der Waals surface area contributed by atoms with Gasteiger partial charge < -0.3 is 5.73 Å². The quantitative estimate of drug-likeness (QED) is 0.572. The lowest BCUT2D eigenvalue weighted by Gasteiger charge is -2.02. The maximum Gasteiger partial charge on any atom is 0.0404 e. The fraction of sp³-hybridized carbons (Fsp3) is 0.375. The molecule has 1 rings (SSSR count). The molecule has 0 bridgehead atoms. The Morgan fingerprint density at radius 3 is 3.08 bits per heavy atom. The molecule has 0 aliphatic heterocycles. The van der Waals surface area contributed by atoms with Gasteiger partial charge in [0.15, 0.2) is 0 Å². The average molecular weight is 200 g/mol. The third-order valence-corrected chi connectivity index (χ3v) is 2.85. The van der Waals surface area contributed by atoms with Gasteiger partial charge >= 0.3 is 0 Å². The Labute approximate surface area is 82.4 Å². The lowest BCUT2D eigenvalue weighted by atomic mass is 10.3. The normalized spacial score (nSPS) is 10.2. The van der Waals surface area contributed by atoms with E-state index in [1.54, 1.807) is 12.4 Å². The highest BCUT2D eigenvalue weighted by atomic mass is 32.2. The molecule has 1 heterocycles. The molecule has 0 aromatic carbocycles. The van der Waals surface area contributed by atoms with E-state index in [4.69, 9.17) is 5.73 Å². The van der Waals surface area contributed by atoms with Crippen LogP contribution in [0.2, 0.25) is 0 Å². The number of hydrogen-bond acceptors (Lipinski definition) is 4. The monoisotopic (exact) mass is 200 g/mol. The molecule has 1 aromatic heterocycles. The molecule has 0 aliphatic carbocycles. The number of aromatic nitrogens is 1. The van der Waals surface area contributed by atoms with E-state index in [0.717, 1.165) is 22.9 Å². The van der Waals surface area contributed by atoms with Crippen LogP contribution in [0.1, 0.15) is 5.56 Å². The summed E-state index contributed by atoms with van der Waals surface area (Å²) >= 11 is 6.11. The zero-order valence-electron chi connectivity index (χ0n) is 6.73. The van der Waals surface area contributed by atoms with E-state index >= 15 is 0 Å². The summed E-state index contributed by atoms with van der Waals surface area (Å²) < 4.78 is 0. The van der Waals surface area contributed by atoms with Crippen molar-refractivity contribution in [2.45, 2.75) is 10.6 Å². The van der Waals surface area contributed by atoms with Gasteiger partial charge in [-0.1, -0.05) is 0 Å². The summed E-state index contributed by atoms with van der Waals surface area (Å²) in [5, 5.41) is 0. The molecule has 0 unspecified atom stereocenters. The van der Waals surface area contributed by atoms with E-state index < -0.39 is 0 Å². The fourth-order valence-corrected chi connectivity index (χ4v) is 1.91. The second-order valence-corrected chi connectivity index (χ2v) is 3.93. The van der Waals surface area contributed by atoms with Crippen LogP contribution in [0.25, 0.3) is 0 Å². The lowest BCUT2D eigenvalue weighted by Crippen LogP contribution is -2.01. The van der Waals surface area contributed by atoms with Crippen LogP contribution in [0.15, 0.2) is 23.4 Å². The molecule has 0 atom stereocenters. The predicted octanol–water partition coefficient (Wildman–Crippen LogP) is 1.56. The highest BCUT2D eigenvalue weighted by Gasteiger charge is 1.96. The van der Waals surface area contributed by atoms with Gasteiger partial charge in [-0.15, -0.1) is 12.6 Å². The molecular weight excluding hydrogens is 188 g/mol. The SMILES string of the molecule is NCCSCc1ccncc1S. The fourth-order valence-electron chi connectivity index (χ4n) is 0.802. The van der Waals surface area contributed by atoms with Gasteiger partial charge in [0.2, 0.25) is 0 Å². The first kappa shape index (κ1) is 9.89. The van der Waals surface area contributed by atoms with Crippen molar-refractivity contribution >= 4 is 24.4 Å². The summed E-state index contributed by atoms with van der Waals surface area (Å²) in [6, 6.07) is 1.99. The second-order valence-electron chi connectivity index (χ2n) is 2.35. The number of thiol groups is 1. The van der Waals surface area contributed by atoms with Gasteiger partial charge in [0.05, 0.1) is 0 Å². The summed E-state index contributed by atoms with van der Waals surface area (Å²) in [4.78, 5) is 4.92. The molecule has 12 heavy (non-hydrogen) atoms. The Morgan fingerprint density at radius 1 is 1.58 bits per heavy atom. The predicted molar refractivity (Wildman–Crippen MR) is 56.7 cm³/mol. The third kappa shape index (κ3) is 3.05. The van der Waals surface area contributed by atoms with Crippen LogP contribution in [0, 0.1) is 0 Å². The average Bonchev–Trinajstić information content (AvgIpc) is 2.09. The van der Waals surface area contributed by atoms with Crippen LogP contribution < -0.4 is 5.73 Å². The number of rotatable bonds is 4. The van der Waals surface area contributed by atoms with E-state index in [1.165, 1.54) is 5.56 Å². The van der Waals surface area contributed by atoms with Crippen molar-refractivity contribution in [3.05, 3.63) is 24.0 Å². The molecule has 1 aromatic rings. The first-order valence-electron chi connectivity index (χ1n) is 3.74. The topological polar surface area (TPSA) is 38.9 Å². The first-order chi connectivity index (χ1) is 5.84. The molecule has 0 radical (unpaired) electrons. The second kappa shape index (κ2) is 5.45. The summed E-state index contributed by atoms with van der Waals surface area (Å²) in [6.07, 6.45) is 3.56. The first-order valence-corrected chi connectivity index (χ1v) is 5.34. The number of nitrogens with zero attached hydrogens (tertiary/aromatic N) is 1. The molecule has 4 heteroatoms. The summed E-state index contributed by atoms with van der Waals surface area (Å²) in [7, 11) is 0. The van der Waals surface area contributed by atoms with Gasteiger partial charge in [-0.25, -0.2) is 0 Å². The van der Waals surface area contributed by atoms with Gasteiger partial charge in [-0.2, -0.15) is 11.8 Å². The molecule has 2 nitrogen and oxygen atoms in total. The van der Waals surface area contributed by atoms with Crippen molar-refractivity contribution in [2.24, 2.45) is 5.73 Å². The summed E-state index contributed by atoms with van der Waals surface area (Å²) in [5.74, 6) is 1.97. The van der Waals surface area contributed by atoms with Crippen LogP contribution in [-0.4, -0.2) is 17.3 Å². The third-order valence-electron chi connectivity index (χ3n) is 1.41. The Kier molecular flexibility index (Phi) is 4.50. The molecule has 0 saturated carbocycles. The minimum atomic E-state index is 0.734. The highest BCUT2D eigenvalue weighted by Crippen LogP contribution is 2.17. The molecular formula is C8H12N2S2. The van der Waals surface area contributed by atoms with Gasteiger partial charge in [0, 0.05) is 35.3 Å². The molecule has 0 spiro atoms. The number of nitrogens with two attached hydrogens (primary N) is 1. The zero-order chi connectivity index (χ0) is 8.81. The molecule has 66 valence electrons. The smallest absolute Gasteiger partial charge is 0.0404 e. The van der Waals surface area contributed by atoms with Crippen LogP contribution >= 0.6 is 24.4 Å². The van der Waals surface area contributed by atoms with Gasteiger partial charge in [0.1, 0.15) is 0 Å². The van der Waals surface area contributed by atoms with Crippen molar-refractivity contribution in [3.63, 3.8) is 0 Å². The van der Waals surface area contributed by atoms with Crippen LogP contribution in [0.5, 0.6) is 0 Å². The van der Waals surface area contributed by atoms with Crippen molar-refractivity contribution in [1.82, 2.24) is 4.98 Å². The Balaban J connectivity index is 2.46. The lowest BCUT2D eigenvalue weighted by molar-refractivity contribution is 1.13. The largest absolute Gasteiger partial charge is 0.330 e. The number of pyridine rings is 1. The molecule has 0 saturated heterocycles. The number of hydrogen-bond donors (Lipinski definition) is 2. The highest BCUT2D eigenvalue weighted by molar-refractivity contribution is 7.98. The van der Waals surface area contributed by atoms with E-state index in [1.807, 2.05) is 17.8 Å². The molecule has 2 N–H and O–H groups in total. The van der Waals surface area contributed by atoms with Gasteiger partial charge in [-0.05, 0) is 11.6 Å². The molecule has 0 aliphatic rings. The summed E-state index contributed by atoms with van der Waals surface area (Å²) in [6.45, 7) is 0.734. The summed E-state index contributed by atoms with van der Waals surface area (Å²) in [5.41, 5.74) is 6.61.